The summed E-state index contributed by atoms with van der Waals surface area (Å²) in [6, 6.07) is 13.8. The molecule has 0 fully saturated rings. The summed E-state index contributed by atoms with van der Waals surface area (Å²) in [7, 11) is 0. The third-order valence-electron chi connectivity index (χ3n) is 2.20. The molecule has 0 aliphatic heterocycles. The monoisotopic (exact) mass is 265 g/mol. The zero-order chi connectivity index (χ0) is 12.3. The molecule has 2 nitrogen and oxygen atoms in total. The highest BCUT2D eigenvalue weighted by atomic mass is 35.5. The molecule has 0 radical (unpaired) electrons. The van der Waals surface area contributed by atoms with Gasteiger partial charge in [0.05, 0.1) is 10.6 Å². The lowest BCUT2D eigenvalue weighted by atomic mass is 10.2. The SMILES string of the molecule is O=C(Nc1cccc(Cl)c1)c1ccccc1Cl. The Labute approximate surface area is 109 Å². The van der Waals surface area contributed by atoms with Gasteiger partial charge in [0.2, 0.25) is 0 Å². The summed E-state index contributed by atoms with van der Waals surface area (Å²) in [6.45, 7) is 0. The van der Waals surface area contributed by atoms with Crippen LogP contribution in [0.3, 0.4) is 0 Å². The fraction of sp³-hybridized carbons (Fsp3) is 0. The first kappa shape index (κ1) is 12.0. The van der Waals surface area contributed by atoms with E-state index in [0.717, 1.165) is 0 Å². The number of amides is 1. The maximum absolute atomic E-state index is 11.9. The highest BCUT2D eigenvalue weighted by Crippen LogP contribution is 2.19. The quantitative estimate of drug-likeness (QED) is 0.865. The second kappa shape index (κ2) is 5.21. The van der Waals surface area contributed by atoms with E-state index in [4.69, 9.17) is 23.2 Å². The lowest BCUT2D eigenvalue weighted by Crippen LogP contribution is -2.12. The van der Waals surface area contributed by atoms with Crippen LogP contribution >= 0.6 is 23.2 Å². The minimum atomic E-state index is -0.252. The van der Waals surface area contributed by atoms with Crippen LogP contribution in [0.5, 0.6) is 0 Å². The minimum absolute atomic E-state index is 0.252. The van der Waals surface area contributed by atoms with E-state index in [-0.39, 0.29) is 5.91 Å². The summed E-state index contributed by atoms with van der Waals surface area (Å²) in [5.74, 6) is -0.252. The van der Waals surface area contributed by atoms with E-state index in [1.54, 1.807) is 48.5 Å². The van der Waals surface area contributed by atoms with Crippen molar-refractivity contribution in [2.24, 2.45) is 0 Å². The van der Waals surface area contributed by atoms with Crippen LogP contribution in [0.25, 0.3) is 0 Å². The van der Waals surface area contributed by atoms with Gasteiger partial charge < -0.3 is 5.32 Å². The molecule has 0 unspecified atom stereocenters. The van der Waals surface area contributed by atoms with Crippen molar-refractivity contribution in [2.75, 3.05) is 5.32 Å². The molecular formula is C13H9Cl2NO. The van der Waals surface area contributed by atoms with Crippen LogP contribution in [0, 0.1) is 0 Å². The maximum Gasteiger partial charge on any atom is 0.257 e. The topological polar surface area (TPSA) is 29.1 Å². The number of hydrogen-bond donors (Lipinski definition) is 1. The molecule has 0 heterocycles. The summed E-state index contributed by atoms with van der Waals surface area (Å²) in [4.78, 5) is 11.9. The van der Waals surface area contributed by atoms with Gasteiger partial charge >= 0.3 is 0 Å². The van der Waals surface area contributed by atoms with Gasteiger partial charge in [-0.3, -0.25) is 4.79 Å². The van der Waals surface area contributed by atoms with Crippen molar-refractivity contribution < 1.29 is 4.79 Å². The number of carbonyl (C=O) groups excluding carboxylic acids is 1. The first-order valence-electron chi connectivity index (χ1n) is 4.98. The number of carbonyl (C=O) groups is 1. The Morgan fingerprint density at radius 1 is 1.00 bits per heavy atom. The minimum Gasteiger partial charge on any atom is -0.322 e. The van der Waals surface area contributed by atoms with E-state index in [1.165, 1.54) is 0 Å². The van der Waals surface area contributed by atoms with E-state index >= 15 is 0 Å². The highest BCUT2D eigenvalue weighted by molar-refractivity contribution is 6.34. The molecule has 0 saturated heterocycles. The smallest absolute Gasteiger partial charge is 0.257 e. The van der Waals surface area contributed by atoms with Crippen LogP contribution in [0.4, 0.5) is 5.69 Å². The van der Waals surface area contributed by atoms with Crippen LogP contribution < -0.4 is 5.32 Å². The molecule has 2 aromatic carbocycles. The van der Waals surface area contributed by atoms with Crippen molar-refractivity contribution in [3.8, 4) is 0 Å². The average molecular weight is 266 g/mol. The molecule has 17 heavy (non-hydrogen) atoms. The lowest BCUT2D eigenvalue weighted by Gasteiger charge is -2.06. The third kappa shape index (κ3) is 2.99. The second-order valence-electron chi connectivity index (χ2n) is 3.44. The normalized spacial score (nSPS) is 10.0. The first-order chi connectivity index (χ1) is 8.16. The van der Waals surface area contributed by atoms with E-state index in [9.17, 15) is 4.79 Å². The van der Waals surface area contributed by atoms with E-state index in [2.05, 4.69) is 5.32 Å². The van der Waals surface area contributed by atoms with Crippen LogP contribution in [-0.4, -0.2) is 5.91 Å². The molecule has 86 valence electrons. The van der Waals surface area contributed by atoms with Crippen molar-refractivity contribution in [3.05, 3.63) is 64.1 Å². The molecule has 0 atom stereocenters. The predicted octanol–water partition coefficient (Wildman–Crippen LogP) is 4.25. The number of rotatable bonds is 2. The van der Waals surface area contributed by atoms with Gasteiger partial charge in [0.15, 0.2) is 0 Å². The summed E-state index contributed by atoms with van der Waals surface area (Å²) in [5.41, 5.74) is 1.08. The third-order valence-corrected chi connectivity index (χ3v) is 2.77. The molecule has 4 heteroatoms. The Bertz CT molecular complexity index is 555. The second-order valence-corrected chi connectivity index (χ2v) is 4.29. The average Bonchev–Trinajstić information content (AvgIpc) is 2.29. The Kier molecular flexibility index (Phi) is 3.67. The Morgan fingerprint density at radius 2 is 1.76 bits per heavy atom. The number of benzene rings is 2. The van der Waals surface area contributed by atoms with Gasteiger partial charge in [0.25, 0.3) is 5.91 Å². The molecule has 0 aliphatic rings. The number of hydrogen-bond acceptors (Lipinski definition) is 1. The van der Waals surface area contributed by atoms with Crippen molar-refractivity contribution in [1.29, 1.82) is 0 Å². The van der Waals surface area contributed by atoms with E-state index in [0.29, 0.717) is 21.3 Å². The zero-order valence-corrected chi connectivity index (χ0v) is 10.3. The molecule has 0 aliphatic carbocycles. The Morgan fingerprint density at radius 3 is 2.47 bits per heavy atom. The molecular weight excluding hydrogens is 257 g/mol. The molecule has 2 rings (SSSR count). The van der Waals surface area contributed by atoms with Gasteiger partial charge in [-0.25, -0.2) is 0 Å². The highest BCUT2D eigenvalue weighted by Gasteiger charge is 2.09. The van der Waals surface area contributed by atoms with Crippen LogP contribution in [-0.2, 0) is 0 Å². The maximum atomic E-state index is 11.9. The summed E-state index contributed by atoms with van der Waals surface area (Å²) >= 11 is 11.8. The molecule has 0 bridgehead atoms. The zero-order valence-electron chi connectivity index (χ0n) is 8.78. The first-order valence-corrected chi connectivity index (χ1v) is 5.74. The molecule has 1 amide bonds. The van der Waals surface area contributed by atoms with Gasteiger partial charge in [-0.15, -0.1) is 0 Å². The standard InChI is InChI=1S/C13H9Cl2NO/c14-9-4-3-5-10(8-9)16-13(17)11-6-1-2-7-12(11)15/h1-8H,(H,16,17). The summed E-state index contributed by atoms with van der Waals surface area (Å²) < 4.78 is 0. The van der Waals surface area contributed by atoms with Gasteiger partial charge in [0.1, 0.15) is 0 Å². The van der Waals surface area contributed by atoms with Gasteiger partial charge in [0, 0.05) is 10.7 Å². The number of halogens is 2. The van der Waals surface area contributed by atoms with Gasteiger partial charge in [-0.05, 0) is 30.3 Å². The molecule has 0 spiro atoms. The molecule has 0 saturated carbocycles. The van der Waals surface area contributed by atoms with E-state index < -0.39 is 0 Å². The van der Waals surface area contributed by atoms with Crippen LogP contribution in [0.2, 0.25) is 10.0 Å². The van der Waals surface area contributed by atoms with Crippen LogP contribution in [0.15, 0.2) is 48.5 Å². The Balaban J connectivity index is 2.20. The largest absolute Gasteiger partial charge is 0.322 e. The van der Waals surface area contributed by atoms with Crippen molar-refractivity contribution in [3.63, 3.8) is 0 Å². The van der Waals surface area contributed by atoms with Crippen molar-refractivity contribution >= 4 is 34.8 Å². The molecule has 1 N–H and O–H groups in total. The van der Waals surface area contributed by atoms with Gasteiger partial charge in [-0.2, -0.15) is 0 Å². The fourth-order valence-electron chi connectivity index (χ4n) is 1.41. The summed E-state index contributed by atoms with van der Waals surface area (Å²) in [5, 5.41) is 3.73. The molecule has 2 aromatic rings. The number of anilines is 1. The van der Waals surface area contributed by atoms with Crippen molar-refractivity contribution in [1.82, 2.24) is 0 Å². The van der Waals surface area contributed by atoms with E-state index in [1.807, 2.05) is 0 Å². The summed E-state index contributed by atoms with van der Waals surface area (Å²) in [6.07, 6.45) is 0. The Hall–Kier alpha value is -1.51. The predicted molar refractivity (Wildman–Crippen MR) is 70.9 cm³/mol. The van der Waals surface area contributed by atoms with Crippen molar-refractivity contribution in [2.45, 2.75) is 0 Å². The fourth-order valence-corrected chi connectivity index (χ4v) is 1.82. The van der Waals surface area contributed by atoms with Gasteiger partial charge in [-0.1, -0.05) is 41.4 Å². The lowest BCUT2D eigenvalue weighted by molar-refractivity contribution is 0.102. The molecule has 0 aromatic heterocycles. The number of nitrogens with one attached hydrogen (secondary N) is 1. The van der Waals surface area contributed by atoms with Crippen LogP contribution in [0.1, 0.15) is 10.4 Å².